The lowest BCUT2D eigenvalue weighted by atomic mass is 10.1. The molecule has 0 aliphatic rings. The van der Waals surface area contributed by atoms with Crippen LogP contribution in [0, 0.1) is 13.8 Å². The van der Waals surface area contributed by atoms with Crippen LogP contribution in [0.15, 0.2) is 60.9 Å². The summed E-state index contributed by atoms with van der Waals surface area (Å²) in [4.78, 5) is 18.0. The molecule has 0 spiro atoms. The maximum atomic E-state index is 4.66. The van der Waals surface area contributed by atoms with Gasteiger partial charge in [-0.3, -0.25) is 0 Å². The lowest BCUT2D eigenvalue weighted by molar-refractivity contribution is 0.987. The van der Waals surface area contributed by atoms with Gasteiger partial charge in [-0.15, -0.1) is 0 Å². The monoisotopic (exact) mass is 370 g/mol. The van der Waals surface area contributed by atoms with Crippen molar-refractivity contribution in [3.63, 3.8) is 0 Å². The second-order valence-electron chi connectivity index (χ2n) is 6.73. The van der Waals surface area contributed by atoms with E-state index in [-0.39, 0.29) is 0 Å². The van der Waals surface area contributed by atoms with Gasteiger partial charge in [0.05, 0.1) is 0 Å². The Morgan fingerprint density at radius 1 is 0.893 bits per heavy atom. The summed E-state index contributed by atoms with van der Waals surface area (Å²) in [7, 11) is 0. The summed E-state index contributed by atoms with van der Waals surface area (Å²) in [6.07, 6.45) is 4.19. The molecule has 4 aromatic rings. The van der Waals surface area contributed by atoms with E-state index in [0.717, 1.165) is 24.2 Å². The quantitative estimate of drug-likeness (QED) is 0.523. The van der Waals surface area contributed by atoms with Crippen LogP contribution in [0.4, 0.5) is 17.5 Å². The Kier molecular flexibility index (Phi) is 5.10. The topological polar surface area (TPSA) is 75.6 Å². The SMILES string of the molecule is Cc1ccc(C)c(Nc2nc(NCCc3ccccc3)nc3nccnc23)c1. The number of aryl methyl sites for hydroxylation is 2. The highest BCUT2D eigenvalue weighted by Crippen LogP contribution is 2.25. The fourth-order valence-electron chi connectivity index (χ4n) is 2.99. The minimum atomic E-state index is 0.539. The third-order valence-electron chi connectivity index (χ3n) is 4.52. The third-order valence-corrected chi connectivity index (χ3v) is 4.52. The molecular formula is C22H22N6. The van der Waals surface area contributed by atoms with Gasteiger partial charge >= 0.3 is 0 Å². The summed E-state index contributed by atoms with van der Waals surface area (Å²) in [5.41, 5.74) is 5.80. The molecule has 0 saturated carbocycles. The molecule has 0 aliphatic carbocycles. The summed E-state index contributed by atoms with van der Waals surface area (Å²) < 4.78 is 0. The molecule has 0 radical (unpaired) electrons. The van der Waals surface area contributed by atoms with Gasteiger partial charge in [-0.2, -0.15) is 9.97 Å². The summed E-state index contributed by atoms with van der Waals surface area (Å²) in [5.74, 6) is 1.19. The van der Waals surface area contributed by atoms with Gasteiger partial charge in [-0.1, -0.05) is 42.5 Å². The molecule has 0 amide bonds. The zero-order valence-electron chi connectivity index (χ0n) is 16.0. The molecule has 0 unspecified atom stereocenters. The number of hydrogen-bond donors (Lipinski definition) is 2. The molecule has 0 bridgehead atoms. The van der Waals surface area contributed by atoms with Crippen LogP contribution in [0.2, 0.25) is 0 Å². The number of anilines is 3. The first kappa shape index (κ1) is 17.9. The van der Waals surface area contributed by atoms with E-state index in [1.54, 1.807) is 12.4 Å². The first-order valence-electron chi connectivity index (χ1n) is 9.30. The van der Waals surface area contributed by atoms with Crippen molar-refractivity contribution in [3.8, 4) is 0 Å². The zero-order chi connectivity index (χ0) is 19.3. The van der Waals surface area contributed by atoms with Gasteiger partial charge in [0.1, 0.15) is 0 Å². The highest BCUT2D eigenvalue weighted by molar-refractivity contribution is 5.86. The van der Waals surface area contributed by atoms with Gasteiger partial charge in [0, 0.05) is 24.6 Å². The van der Waals surface area contributed by atoms with Crippen LogP contribution in [-0.4, -0.2) is 26.5 Å². The van der Waals surface area contributed by atoms with Gasteiger partial charge in [0.25, 0.3) is 0 Å². The number of nitrogens with one attached hydrogen (secondary N) is 2. The van der Waals surface area contributed by atoms with Crippen molar-refractivity contribution in [1.29, 1.82) is 0 Å². The maximum absolute atomic E-state index is 4.66. The predicted octanol–water partition coefficient (Wildman–Crippen LogP) is 4.43. The van der Waals surface area contributed by atoms with Gasteiger partial charge in [0.2, 0.25) is 5.95 Å². The van der Waals surface area contributed by atoms with Gasteiger partial charge < -0.3 is 10.6 Å². The molecule has 6 nitrogen and oxygen atoms in total. The summed E-state index contributed by atoms with van der Waals surface area (Å²) in [6, 6.07) is 16.6. The highest BCUT2D eigenvalue weighted by Gasteiger charge is 2.11. The Balaban J connectivity index is 1.60. The van der Waals surface area contributed by atoms with Crippen molar-refractivity contribution >= 4 is 28.6 Å². The first-order valence-corrected chi connectivity index (χ1v) is 9.30. The Morgan fingerprint density at radius 3 is 2.57 bits per heavy atom. The predicted molar refractivity (Wildman–Crippen MR) is 113 cm³/mol. The molecule has 2 aromatic carbocycles. The summed E-state index contributed by atoms with van der Waals surface area (Å²) in [6.45, 7) is 4.87. The number of rotatable bonds is 6. The fourth-order valence-corrected chi connectivity index (χ4v) is 2.99. The lowest BCUT2D eigenvalue weighted by Gasteiger charge is -2.13. The van der Waals surface area contributed by atoms with Crippen LogP contribution in [-0.2, 0) is 6.42 Å². The van der Waals surface area contributed by atoms with E-state index in [0.29, 0.717) is 22.9 Å². The molecule has 0 fully saturated rings. The van der Waals surface area contributed by atoms with Crippen molar-refractivity contribution < 1.29 is 0 Å². The lowest BCUT2D eigenvalue weighted by Crippen LogP contribution is -2.10. The van der Waals surface area contributed by atoms with Crippen LogP contribution in [0.5, 0.6) is 0 Å². The third kappa shape index (κ3) is 4.06. The molecule has 2 heterocycles. The van der Waals surface area contributed by atoms with Gasteiger partial charge in [0.15, 0.2) is 17.0 Å². The molecule has 2 N–H and O–H groups in total. The Hall–Kier alpha value is -3.54. The average Bonchev–Trinajstić information content (AvgIpc) is 2.71. The van der Waals surface area contributed by atoms with Crippen molar-refractivity contribution in [2.75, 3.05) is 17.2 Å². The van der Waals surface area contributed by atoms with Crippen LogP contribution in [0.3, 0.4) is 0 Å². The molecule has 2 aromatic heterocycles. The average molecular weight is 370 g/mol. The molecule has 4 rings (SSSR count). The van der Waals surface area contributed by atoms with E-state index in [4.69, 9.17) is 0 Å². The summed E-state index contributed by atoms with van der Waals surface area (Å²) >= 11 is 0. The largest absolute Gasteiger partial charge is 0.354 e. The molecule has 0 atom stereocenters. The Morgan fingerprint density at radius 2 is 1.71 bits per heavy atom. The standard InChI is InChI=1S/C22H22N6/c1-15-8-9-16(2)18(14-15)26-21-19-20(24-13-12-23-19)27-22(28-21)25-11-10-17-6-4-3-5-7-17/h3-9,12-14H,10-11H2,1-2H3,(H2,24,25,26,27,28). The smallest absolute Gasteiger partial charge is 0.226 e. The molecule has 0 saturated heterocycles. The van der Waals surface area contributed by atoms with E-state index >= 15 is 0 Å². The number of benzene rings is 2. The van der Waals surface area contributed by atoms with Crippen molar-refractivity contribution in [3.05, 3.63) is 77.6 Å². The molecule has 0 aliphatic heterocycles. The normalized spacial score (nSPS) is 10.8. The van der Waals surface area contributed by atoms with Crippen LogP contribution >= 0.6 is 0 Å². The Bertz CT molecular complexity index is 1090. The van der Waals surface area contributed by atoms with Crippen LogP contribution in [0.25, 0.3) is 11.2 Å². The zero-order valence-corrected chi connectivity index (χ0v) is 16.0. The van der Waals surface area contributed by atoms with Crippen molar-refractivity contribution in [2.45, 2.75) is 20.3 Å². The van der Waals surface area contributed by atoms with Crippen LogP contribution in [0.1, 0.15) is 16.7 Å². The second-order valence-corrected chi connectivity index (χ2v) is 6.73. The van der Waals surface area contributed by atoms with Crippen molar-refractivity contribution in [2.24, 2.45) is 0 Å². The number of aromatic nitrogens is 4. The minimum Gasteiger partial charge on any atom is -0.354 e. The van der Waals surface area contributed by atoms with E-state index < -0.39 is 0 Å². The van der Waals surface area contributed by atoms with E-state index in [1.165, 1.54) is 11.1 Å². The summed E-state index contributed by atoms with van der Waals surface area (Å²) in [5, 5.41) is 6.72. The van der Waals surface area contributed by atoms with Gasteiger partial charge in [-0.25, -0.2) is 9.97 Å². The maximum Gasteiger partial charge on any atom is 0.226 e. The fraction of sp³-hybridized carbons (Fsp3) is 0.182. The Labute approximate surface area is 164 Å². The van der Waals surface area contributed by atoms with E-state index in [2.05, 4.69) is 74.7 Å². The minimum absolute atomic E-state index is 0.539. The highest BCUT2D eigenvalue weighted by atomic mass is 15.2. The van der Waals surface area contributed by atoms with Gasteiger partial charge in [-0.05, 0) is 43.0 Å². The molecule has 28 heavy (non-hydrogen) atoms. The van der Waals surface area contributed by atoms with Crippen LogP contribution < -0.4 is 10.6 Å². The second kappa shape index (κ2) is 8.00. The number of nitrogens with zero attached hydrogens (tertiary/aromatic N) is 4. The molecule has 140 valence electrons. The molecular weight excluding hydrogens is 348 g/mol. The number of fused-ring (bicyclic) bond motifs is 1. The van der Waals surface area contributed by atoms with Crippen molar-refractivity contribution in [1.82, 2.24) is 19.9 Å². The first-order chi connectivity index (χ1) is 13.7. The number of hydrogen-bond acceptors (Lipinski definition) is 6. The van der Waals surface area contributed by atoms with E-state index in [9.17, 15) is 0 Å². The van der Waals surface area contributed by atoms with E-state index in [1.807, 2.05) is 18.2 Å². The molecule has 6 heteroatoms.